The molecule has 0 unspecified atom stereocenters. The van der Waals surface area contributed by atoms with E-state index in [1.165, 1.54) is 6.07 Å². The number of para-hydroxylation sites is 1. The highest BCUT2D eigenvalue weighted by atomic mass is 19.1. The molecule has 0 saturated heterocycles. The summed E-state index contributed by atoms with van der Waals surface area (Å²) in [5.41, 5.74) is 7.22. The van der Waals surface area contributed by atoms with Crippen molar-refractivity contribution < 1.29 is 8.81 Å². The van der Waals surface area contributed by atoms with Crippen molar-refractivity contribution in [3.05, 3.63) is 53.2 Å². The molecule has 0 amide bonds. The van der Waals surface area contributed by atoms with Crippen molar-refractivity contribution in [3.63, 3.8) is 0 Å². The van der Waals surface area contributed by atoms with Gasteiger partial charge in [0.2, 0.25) is 0 Å². The molecule has 4 heteroatoms. The van der Waals surface area contributed by atoms with Crippen molar-refractivity contribution in [2.75, 3.05) is 11.4 Å². The zero-order valence-electron chi connectivity index (χ0n) is 11.3. The first-order valence-corrected chi connectivity index (χ1v) is 6.43. The molecule has 102 valence electrons. The Morgan fingerprint density at radius 3 is 2.63 bits per heavy atom. The van der Waals surface area contributed by atoms with Crippen LogP contribution in [0.4, 0.5) is 10.1 Å². The highest BCUT2D eigenvalue weighted by Crippen LogP contribution is 2.23. The van der Waals surface area contributed by atoms with E-state index in [1.54, 1.807) is 12.1 Å². The van der Waals surface area contributed by atoms with Crippen molar-refractivity contribution in [1.82, 2.24) is 0 Å². The number of nitrogens with two attached hydrogens (primary N) is 1. The van der Waals surface area contributed by atoms with Crippen LogP contribution in [-0.4, -0.2) is 6.54 Å². The molecule has 19 heavy (non-hydrogen) atoms. The lowest BCUT2D eigenvalue weighted by atomic mass is 10.2. The molecule has 0 bridgehead atoms. The van der Waals surface area contributed by atoms with Crippen LogP contribution in [0.15, 0.2) is 34.7 Å². The van der Waals surface area contributed by atoms with Crippen molar-refractivity contribution in [2.45, 2.75) is 26.9 Å². The topological polar surface area (TPSA) is 42.4 Å². The third-order valence-corrected chi connectivity index (χ3v) is 3.21. The van der Waals surface area contributed by atoms with E-state index in [1.807, 2.05) is 30.9 Å². The van der Waals surface area contributed by atoms with Crippen LogP contribution in [0.3, 0.4) is 0 Å². The molecule has 0 atom stereocenters. The number of nitrogens with zero attached hydrogens (tertiary/aromatic N) is 1. The Hall–Kier alpha value is -1.81. The Kier molecular flexibility index (Phi) is 4.22. The van der Waals surface area contributed by atoms with E-state index >= 15 is 0 Å². The molecule has 2 N–H and O–H groups in total. The van der Waals surface area contributed by atoms with Gasteiger partial charge in [0.25, 0.3) is 0 Å². The maximum Gasteiger partial charge on any atom is 0.146 e. The number of hydrogen-bond acceptors (Lipinski definition) is 3. The van der Waals surface area contributed by atoms with Gasteiger partial charge in [-0.15, -0.1) is 0 Å². The summed E-state index contributed by atoms with van der Waals surface area (Å²) < 4.78 is 19.3. The first-order valence-electron chi connectivity index (χ1n) is 6.43. The van der Waals surface area contributed by atoms with Gasteiger partial charge in [-0.2, -0.15) is 0 Å². The number of halogens is 1. The Labute approximate surface area is 112 Å². The van der Waals surface area contributed by atoms with Crippen LogP contribution < -0.4 is 10.6 Å². The van der Waals surface area contributed by atoms with Gasteiger partial charge in [-0.05, 0) is 32.0 Å². The monoisotopic (exact) mass is 262 g/mol. The molecule has 1 aromatic heterocycles. The van der Waals surface area contributed by atoms with Crippen LogP contribution >= 0.6 is 0 Å². The quantitative estimate of drug-likeness (QED) is 0.899. The molecule has 0 radical (unpaired) electrons. The summed E-state index contributed by atoms with van der Waals surface area (Å²) in [7, 11) is 0. The molecule has 0 aliphatic carbocycles. The molecule has 2 rings (SSSR count). The van der Waals surface area contributed by atoms with Crippen LogP contribution in [0, 0.1) is 12.7 Å². The lowest BCUT2D eigenvalue weighted by Crippen LogP contribution is -2.23. The predicted octanol–water partition coefficient (Wildman–Crippen LogP) is 3.21. The molecule has 0 saturated carbocycles. The number of benzene rings is 1. The molecule has 0 aliphatic rings. The van der Waals surface area contributed by atoms with Crippen LogP contribution in [-0.2, 0) is 13.1 Å². The van der Waals surface area contributed by atoms with E-state index in [0.717, 1.165) is 23.6 Å². The van der Waals surface area contributed by atoms with Gasteiger partial charge in [0.05, 0.1) is 12.2 Å². The van der Waals surface area contributed by atoms with E-state index in [-0.39, 0.29) is 5.82 Å². The van der Waals surface area contributed by atoms with Crippen molar-refractivity contribution in [1.29, 1.82) is 0 Å². The van der Waals surface area contributed by atoms with E-state index in [4.69, 9.17) is 10.2 Å². The maximum atomic E-state index is 13.8. The summed E-state index contributed by atoms with van der Waals surface area (Å²) in [5, 5.41) is 0. The van der Waals surface area contributed by atoms with Crippen LogP contribution in [0.2, 0.25) is 0 Å². The van der Waals surface area contributed by atoms with Gasteiger partial charge in [-0.1, -0.05) is 12.1 Å². The van der Waals surface area contributed by atoms with Crippen LogP contribution in [0.1, 0.15) is 24.0 Å². The second-order valence-corrected chi connectivity index (χ2v) is 4.46. The molecule has 0 aliphatic heterocycles. The van der Waals surface area contributed by atoms with E-state index in [9.17, 15) is 4.39 Å². The first kappa shape index (κ1) is 13.6. The van der Waals surface area contributed by atoms with Gasteiger partial charge < -0.3 is 15.1 Å². The number of anilines is 1. The predicted molar refractivity (Wildman–Crippen MR) is 74.5 cm³/mol. The van der Waals surface area contributed by atoms with Crippen molar-refractivity contribution in [2.24, 2.45) is 5.73 Å². The second-order valence-electron chi connectivity index (χ2n) is 4.46. The van der Waals surface area contributed by atoms with Gasteiger partial charge in [0.15, 0.2) is 0 Å². The largest absolute Gasteiger partial charge is 0.465 e. The summed E-state index contributed by atoms with van der Waals surface area (Å²) in [6, 6.07) is 8.75. The molecule has 1 heterocycles. The van der Waals surface area contributed by atoms with Gasteiger partial charge in [-0.3, -0.25) is 0 Å². The number of rotatable bonds is 5. The molecular weight excluding hydrogens is 243 g/mol. The summed E-state index contributed by atoms with van der Waals surface area (Å²) in [5.74, 6) is 1.40. The molecule has 0 fully saturated rings. The average molecular weight is 262 g/mol. The normalized spacial score (nSPS) is 10.7. The SMILES string of the molecule is CCN(Cc1cc(CN)oc1C)c1ccccc1F. The van der Waals surface area contributed by atoms with Gasteiger partial charge in [-0.25, -0.2) is 4.39 Å². The smallest absolute Gasteiger partial charge is 0.146 e. The lowest BCUT2D eigenvalue weighted by Gasteiger charge is -2.23. The maximum absolute atomic E-state index is 13.8. The summed E-state index contributed by atoms with van der Waals surface area (Å²) in [6.07, 6.45) is 0. The standard InChI is InChI=1S/C15H19FN2O/c1-3-18(15-7-5-4-6-14(15)16)10-12-8-13(9-17)19-11(12)2/h4-8H,3,9-10,17H2,1-2H3. The third-order valence-electron chi connectivity index (χ3n) is 3.21. The zero-order chi connectivity index (χ0) is 13.8. The minimum absolute atomic E-state index is 0.204. The second kappa shape index (κ2) is 5.89. The van der Waals surface area contributed by atoms with Gasteiger partial charge in [0, 0.05) is 18.7 Å². The fraction of sp³-hybridized carbons (Fsp3) is 0.333. The lowest BCUT2D eigenvalue weighted by molar-refractivity contribution is 0.482. The number of hydrogen-bond donors (Lipinski definition) is 1. The van der Waals surface area contributed by atoms with Crippen LogP contribution in [0.5, 0.6) is 0 Å². The van der Waals surface area contributed by atoms with Gasteiger partial charge >= 0.3 is 0 Å². The molecule has 0 spiro atoms. The summed E-state index contributed by atoms with van der Waals surface area (Å²) in [4.78, 5) is 1.98. The highest BCUT2D eigenvalue weighted by molar-refractivity contribution is 5.48. The fourth-order valence-electron chi connectivity index (χ4n) is 2.13. The Morgan fingerprint density at radius 2 is 2.05 bits per heavy atom. The number of aryl methyl sites for hydroxylation is 1. The van der Waals surface area contributed by atoms with Crippen LogP contribution in [0.25, 0.3) is 0 Å². The Morgan fingerprint density at radius 1 is 1.32 bits per heavy atom. The van der Waals surface area contributed by atoms with Gasteiger partial charge in [0.1, 0.15) is 17.3 Å². The van der Waals surface area contributed by atoms with Crippen molar-refractivity contribution in [3.8, 4) is 0 Å². The van der Waals surface area contributed by atoms with E-state index in [2.05, 4.69) is 0 Å². The molecule has 3 nitrogen and oxygen atoms in total. The van der Waals surface area contributed by atoms with E-state index in [0.29, 0.717) is 18.8 Å². The highest BCUT2D eigenvalue weighted by Gasteiger charge is 2.13. The average Bonchev–Trinajstić information content (AvgIpc) is 2.77. The first-order chi connectivity index (χ1) is 9.15. The van der Waals surface area contributed by atoms with Crippen molar-refractivity contribution >= 4 is 5.69 Å². The summed E-state index contributed by atoms with van der Waals surface area (Å²) >= 11 is 0. The Balaban J connectivity index is 2.24. The minimum Gasteiger partial charge on any atom is -0.465 e. The molecule has 2 aromatic rings. The fourth-order valence-corrected chi connectivity index (χ4v) is 2.13. The Bertz CT molecular complexity index is 551. The molecular formula is C15H19FN2O. The molecule has 1 aromatic carbocycles. The third kappa shape index (κ3) is 2.96. The number of furan rings is 1. The zero-order valence-corrected chi connectivity index (χ0v) is 11.3. The summed E-state index contributed by atoms with van der Waals surface area (Å²) in [6.45, 7) is 5.64. The van der Waals surface area contributed by atoms with E-state index < -0.39 is 0 Å². The minimum atomic E-state index is -0.204.